The highest BCUT2D eigenvalue weighted by molar-refractivity contribution is 7.13. The van der Waals surface area contributed by atoms with Crippen molar-refractivity contribution in [2.45, 2.75) is 20.4 Å². The van der Waals surface area contributed by atoms with Crippen LogP contribution >= 0.6 is 11.3 Å². The summed E-state index contributed by atoms with van der Waals surface area (Å²) in [5.74, 6) is -1.32. The lowest BCUT2D eigenvalue weighted by Gasteiger charge is -2.03. The SMILES string of the molecule is Cc1nc(C)c(C(=O)NCCn2cc(C(=O)O)nn2)s1. The van der Waals surface area contributed by atoms with Crippen LogP contribution in [-0.2, 0) is 6.54 Å². The molecule has 0 fully saturated rings. The van der Waals surface area contributed by atoms with E-state index in [9.17, 15) is 9.59 Å². The molecular weight excluding hydrogens is 282 g/mol. The Kier molecular flexibility index (Phi) is 4.08. The average molecular weight is 295 g/mol. The molecule has 0 saturated carbocycles. The second kappa shape index (κ2) is 5.78. The van der Waals surface area contributed by atoms with Crippen molar-refractivity contribution in [2.75, 3.05) is 6.54 Å². The molecule has 1 amide bonds. The van der Waals surface area contributed by atoms with Gasteiger partial charge in [0.2, 0.25) is 0 Å². The molecule has 0 spiro atoms. The first-order chi connectivity index (χ1) is 9.47. The van der Waals surface area contributed by atoms with Gasteiger partial charge in [0.05, 0.1) is 23.4 Å². The van der Waals surface area contributed by atoms with Gasteiger partial charge in [-0.05, 0) is 13.8 Å². The number of hydrogen-bond acceptors (Lipinski definition) is 6. The fraction of sp³-hybridized carbons (Fsp3) is 0.364. The smallest absolute Gasteiger partial charge is 0.358 e. The largest absolute Gasteiger partial charge is 0.476 e. The number of carbonyl (C=O) groups excluding carboxylic acids is 1. The van der Waals surface area contributed by atoms with E-state index in [1.165, 1.54) is 22.2 Å². The van der Waals surface area contributed by atoms with Crippen molar-refractivity contribution < 1.29 is 14.7 Å². The zero-order valence-corrected chi connectivity index (χ0v) is 11.8. The highest BCUT2D eigenvalue weighted by atomic mass is 32.1. The van der Waals surface area contributed by atoms with E-state index in [0.29, 0.717) is 23.7 Å². The lowest BCUT2D eigenvalue weighted by atomic mass is 10.3. The monoisotopic (exact) mass is 295 g/mol. The van der Waals surface area contributed by atoms with Gasteiger partial charge < -0.3 is 10.4 Å². The number of aryl methyl sites for hydroxylation is 2. The maximum Gasteiger partial charge on any atom is 0.358 e. The molecule has 0 aromatic carbocycles. The Hall–Kier alpha value is -2.29. The van der Waals surface area contributed by atoms with Crippen LogP contribution in [0.1, 0.15) is 30.9 Å². The van der Waals surface area contributed by atoms with Crippen LogP contribution in [0.3, 0.4) is 0 Å². The molecule has 106 valence electrons. The lowest BCUT2D eigenvalue weighted by molar-refractivity contribution is 0.0690. The summed E-state index contributed by atoms with van der Waals surface area (Å²) in [4.78, 5) is 27.3. The van der Waals surface area contributed by atoms with E-state index in [1.807, 2.05) is 6.92 Å². The van der Waals surface area contributed by atoms with E-state index < -0.39 is 5.97 Å². The van der Waals surface area contributed by atoms with Crippen LogP contribution < -0.4 is 5.32 Å². The molecule has 2 N–H and O–H groups in total. The predicted molar refractivity (Wildman–Crippen MR) is 70.9 cm³/mol. The summed E-state index contributed by atoms with van der Waals surface area (Å²) < 4.78 is 1.37. The molecule has 0 atom stereocenters. The van der Waals surface area contributed by atoms with E-state index in [-0.39, 0.29) is 11.6 Å². The maximum absolute atomic E-state index is 11.9. The zero-order valence-electron chi connectivity index (χ0n) is 11.0. The summed E-state index contributed by atoms with van der Waals surface area (Å²) in [5.41, 5.74) is 0.587. The fourth-order valence-corrected chi connectivity index (χ4v) is 2.45. The van der Waals surface area contributed by atoms with Gasteiger partial charge in [0.25, 0.3) is 5.91 Å². The van der Waals surface area contributed by atoms with E-state index in [2.05, 4.69) is 20.6 Å². The van der Waals surface area contributed by atoms with Crippen molar-refractivity contribution in [3.8, 4) is 0 Å². The number of carbonyl (C=O) groups is 2. The molecule has 0 aliphatic heterocycles. The van der Waals surface area contributed by atoms with Crippen LogP contribution in [0, 0.1) is 13.8 Å². The minimum atomic E-state index is -1.13. The summed E-state index contributed by atoms with van der Waals surface area (Å²) in [6.45, 7) is 4.31. The minimum Gasteiger partial charge on any atom is -0.476 e. The third-order valence-corrected chi connectivity index (χ3v) is 3.57. The number of rotatable bonds is 5. The first kappa shape index (κ1) is 14.1. The molecular formula is C11H13N5O3S. The number of aromatic nitrogens is 4. The molecule has 0 aliphatic carbocycles. The first-order valence-electron chi connectivity index (χ1n) is 5.83. The summed E-state index contributed by atoms with van der Waals surface area (Å²) in [6.07, 6.45) is 1.32. The van der Waals surface area contributed by atoms with Gasteiger partial charge in [-0.15, -0.1) is 16.4 Å². The second-order valence-corrected chi connectivity index (χ2v) is 5.28. The van der Waals surface area contributed by atoms with E-state index in [1.54, 1.807) is 6.92 Å². The number of carboxylic acids is 1. The Morgan fingerprint density at radius 3 is 2.75 bits per heavy atom. The van der Waals surface area contributed by atoms with E-state index in [0.717, 1.165) is 5.01 Å². The standard InChI is InChI=1S/C11H13N5O3S/c1-6-9(20-7(2)13-6)10(17)12-3-4-16-5-8(11(18)19)14-15-16/h5H,3-4H2,1-2H3,(H,12,17)(H,18,19). The Balaban J connectivity index is 1.87. The molecule has 20 heavy (non-hydrogen) atoms. The van der Waals surface area contributed by atoms with Gasteiger partial charge in [0.1, 0.15) is 4.88 Å². The van der Waals surface area contributed by atoms with Crippen LogP contribution in [0.5, 0.6) is 0 Å². The van der Waals surface area contributed by atoms with Gasteiger partial charge in [0.15, 0.2) is 5.69 Å². The minimum absolute atomic E-state index is 0.120. The third-order valence-electron chi connectivity index (χ3n) is 2.49. The number of nitrogens with one attached hydrogen (secondary N) is 1. The average Bonchev–Trinajstić information content (AvgIpc) is 2.96. The van der Waals surface area contributed by atoms with Crippen molar-refractivity contribution in [3.05, 3.63) is 27.5 Å². The van der Waals surface area contributed by atoms with Crippen LogP contribution in [-0.4, -0.2) is 43.5 Å². The Labute approximate surface area is 118 Å². The molecule has 9 heteroatoms. The number of hydrogen-bond donors (Lipinski definition) is 2. The summed E-state index contributed by atoms with van der Waals surface area (Å²) in [7, 11) is 0. The molecule has 2 aromatic rings. The van der Waals surface area contributed by atoms with Crippen LogP contribution in [0.4, 0.5) is 0 Å². The van der Waals surface area contributed by atoms with Gasteiger partial charge in [-0.3, -0.25) is 4.79 Å². The van der Waals surface area contributed by atoms with Gasteiger partial charge >= 0.3 is 5.97 Å². The van der Waals surface area contributed by atoms with E-state index >= 15 is 0 Å². The number of aromatic carboxylic acids is 1. The molecule has 0 radical (unpaired) electrons. The van der Waals surface area contributed by atoms with Crippen molar-refractivity contribution in [3.63, 3.8) is 0 Å². The molecule has 2 aromatic heterocycles. The van der Waals surface area contributed by atoms with Crippen molar-refractivity contribution in [2.24, 2.45) is 0 Å². The molecule has 0 aliphatic rings. The van der Waals surface area contributed by atoms with Gasteiger partial charge in [-0.1, -0.05) is 5.21 Å². The summed E-state index contributed by atoms with van der Waals surface area (Å²) in [5, 5.41) is 19.4. The van der Waals surface area contributed by atoms with Crippen molar-refractivity contribution in [1.82, 2.24) is 25.3 Å². The van der Waals surface area contributed by atoms with Gasteiger partial charge in [0, 0.05) is 6.54 Å². The zero-order chi connectivity index (χ0) is 14.7. The third kappa shape index (κ3) is 3.18. The fourth-order valence-electron chi connectivity index (χ4n) is 1.61. The van der Waals surface area contributed by atoms with Crippen LogP contribution in [0.15, 0.2) is 6.20 Å². The topological polar surface area (TPSA) is 110 Å². The number of carboxylic acid groups (broad SMARTS) is 1. The van der Waals surface area contributed by atoms with E-state index in [4.69, 9.17) is 5.11 Å². The van der Waals surface area contributed by atoms with Gasteiger partial charge in [-0.25, -0.2) is 14.5 Å². The van der Waals surface area contributed by atoms with Crippen LogP contribution in [0.25, 0.3) is 0 Å². The number of thiazole rings is 1. The molecule has 2 rings (SSSR count). The predicted octanol–water partition coefficient (Wildman–Crippen LogP) is 0.480. The number of nitrogens with zero attached hydrogens (tertiary/aromatic N) is 4. The molecule has 2 heterocycles. The normalized spacial score (nSPS) is 10.5. The van der Waals surface area contributed by atoms with Crippen molar-refractivity contribution in [1.29, 1.82) is 0 Å². The Morgan fingerprint density at radius 2 is 2.20 bits per heavy atom. The summed E-state index contributed by atoms with van der Waals surface area (Å²) in [6, 6.07) is 0. The highest BCUT2D eigenvalue weighted by Gasteiger charge is 2.13. The molecule has 0 unspecified atom stereocenters. The maximum atomic E-state index is 11.9. The highest BCUT2D eigenvalue weighted by Crippen LogP contribution is 2.16. The molecule has 0 saturated heterocycles. The van der Waals surface area contributed by atoms with Crippen molar-refractivity contribution >= 4 is 23.2 Å². The Morgan fingerprint density at radius 1 is 1.45 bits per heavy atom. The molecule has 0 bridgehead atoms. The van der Waals surface area contributed by atoms with Crippen LogP contribution in [0.2, 0.25) is 0 Å². The quantitative estimate of drug-likeness (QED) is 0.830. The number of amides is 1. The second-order valence-electron chi connectivity index (χ2n) is 4.08. The first-order valence-corrected chi connectivity index (χ1v) is 6.64. The lowest BCUT2D eigenvalue weighted by Crippen LogP contribution is -2.27. The summed E-state index contributed by atoms with van der Waals surface area (Å²) >= 11 is 1.34. The molecule has 8 nitrogen and oxygen atoms in total. The van der Waals surface area contributed by atoms with Gasteiger partial charge in [-0.2, -0.15) is 0 Å². The Bertz CT molecular complexity index is 648.